The zero-order valence-corrected chi connectivity index (χ0v) is 22.5. The molecule has 4 heterocycles. The van der Waals surface area contributed by atoms with Gasteiger partial charge in [-0.15, -0.1) is 10.2 Å². The predicted molar refractivity (Wildman–Crippen MR) is 146 cm³/mol. The molecule has 0 spiro atoms. The molecule has 1 aliphatic carbocycles. The van der Waals surface area contributed by atoms with E-state index < -0.39 is 0 Å². The third-order valence-electron chi connectivity index (χ3n) is 9.09. The van der Waals surface area contributed by atoms with E-state index in [1.807, 2.05) is 16.5 Å². The number of aryl methyl sites for hydroxylation is 1. The summed E-state index contributed by atoms with van der Waals surface area (Å²) in [5.74, 6) is 2.46. The van der Waals surface area contributed by atoms with E-state index in [9.17, 15) is 4.79 Å². The lowest BCUT2D eigenvalue weighted by molar-refractivity contribution is -0.0611. The van der Waals surface area contributed by atoms with Gasteiger partial charge in [-0.05, 0) is 84.5 Å². The van der Waals surface area contributed by atoms with Crippen molar-refractivity contribution in [1.82, 2.24) is 19.7 Å². The van der Waals surface area contributed by atoms with Gasteiger partial charge in [0.1, 0.15) is 12.2 Å². The molecular formula is C31H37N5O2. The molecule has 2 saturated heterocycles. The molecule has 198 valence electrons. The Morgan fingerprint density at radius 2 is 1.97 bits per heavy atom. The van der Waals surface area contributed by atoms with Gasteiger partial charge >= 0.3 is 0 Å². The van der Waals surface area contributed by atoms with E-state index in [1.54, 1.807) is 6.33 Å². The quantitative estimate of drug-likeness (QED) is 0.464. The number of benzene rings is 2. The molecule has 7 rings (SSSR count). The molecule has 7 nitrogen and oxygen atoms in total. The van der Waals surface area contributed by atoms with Gasteiger partial charge in [0, 0.05) is 43.2 Å². The molecule has 1 atom stereocenters. The van der Waals surface area contributed by atoms with Gasteiger partial charge in [-0.3, -0.25) is 9.69 Å². The Hall–Kier alpha value is -3.03. The molecule has 3 fully saturated rings. The first kappa shape index (κ1) is 24.0. The molecule has 0 radical (unpaired) electrons. The van der Waals surface area contributed by atoms with Crippen molar-refractivity contribution in [3.63, 3.8) is 0 Å². The summed E-state index contributed by atoms with van der Waals surface area (Å²) in [4.78, 5) is 18.4. The van der Waals surface area contributed by atoms with Gasteiger partial charge in [-0.2, -0.15) is 0 Å². The van der Waals surface area contributed by atoms with Crippen molar-refractivity contribution in [2.75, 3.05) is 31.2 Å². The Bertz CT molecular complexity index is 1370. The van der Waals surface area contributed by atoms with Crippen LogP contribution in [0.25, 0.3) is 0 Å². The summed E-state index contributed by atoms with van der Waals surface area (Å²) in [7, 11) is 1.97. The van der Waals surface area contributed by atoms with Gasteiger partial charge in [0.25, 0.3) is 5.91 Å². The van der Waals surface area contributed by atoms with Crippen LogP contribution in [-0.4, -0.2) is 51.9 Å². The number of fused-ring (bicyclic) bond motifs is 1. The molecule has 1 saturated carbocycles. The van der Waals surface area contributed by atoms with Crippen LogP contribution in [-0.2, 0) is 36.7 Å². The standard InChI is InChI=1S/C31H37N5O2/c1-21-4-3-9-35(15-21)16-22-10-25(23-5-6-23)12-27(11-22)36-17-24-7-8-26(13-28(24)30(36)37)31(18-38-19-31)14-29-33-32-20-34(29)2/h7-8,10-13,20-21,23H,3-6,9,14-19H2,1-2H3/t21-/m0/s1. The van der Waals surface area contributed by atoms with Gasteiger partial charge < -0.3 is 14.2 Å². The second-order valence-electron chi connectivity index (χ2n) is 12.3. The maximum Gasteiger partial charge on any atom is 0.258 e. The van der Waals surface area contributed by atoms with E-state index in [-0.39, 0.29) is 11.3 Å². The summed E-state index contributed by atoms with van der Waals surface area (Å²) in [6.07, 6.45) is 7.62. The first-order chi connectivity index (χ1) is 18.5. The summed E-state index contributed by atoms with van der Waals surface area (Å²) in [5.41, 5.74) is 6.74. The summed E-state index contributed by atoms with van der Waals surface area (Å²) in [5, 5.41) is 8.36. The number of nitrogens with zero attached hydrogens (tertiary/aromatic N) is 5. The van der Waals surface area contributed by atoms with Crippen molar-refractivity contribution in [3.8, 4) is 0 Å². The Morgan fingerprint density at radius 3 is 2.68 bits per heavy atom. The maximum atomic E-state index is 13.9. The van der Waals surface area contributed by atoms with Crippen LogP contribution in [0.4, 0.5) is 5.69 Å². The second-order valence-corrected chi connectivity index (χ2v) is 12.3. The normalized spacial score (nSPS) is 22.9. The monoisotopic (exact) mass is 511 g/mol. The van der Waals surface area contributed by atoms with Crippen molar-refractivity contribution < 1.29 is 9.53 Å². The van der Waals surface area contributed by atoms with Crippen molar-refractivity contribution in [2.24, 2.45) is 13.0 Å². The van der Waals surface area contributed by atoms with E-state index in [2.05, 4.69) is 58.4 Å². The lowest BCUT2D eigenvalue weighted by Gasteiger charge is -2.41. The summed E-state index contributed by atoms with van der Waals surface area (Å²) >= 11 is 0. The molecule has 0 N–H and O–H groups in total. The lowest BCUT2D eigenvalue weighted by Crippen LogP contribution is -2.49. The molecule has 3 aromatic rings. The lowest BCUT2D eigenvalue weighted by atomic mass is 9.75. The number of ether oxygens (including phenoxy) is 1. The molecule has 4 aliphatic rings. The summed E-state index contributed by atoms with van der Waals surface area (Å²) in [6, 6.07) is 13.4. The van der Waals surface area contributed by atoms with Crippen molar-refractivity contribution in [1.29, 1.82) is 0 Å². The average Bonchev–Trinajstić information content (AvgIpc) is 3.59. The Labute approximate surface area is 224 Å². The van der Waals surface area contributed by atoms with Crippen molar-refractivity contribution in [3.05, 3.63) is 76.4 Å². The number of anilines is 1. The first-order valence-corrected chi connectivity index (χ1v) is 14.2. The molecule has 0 bridgehead atoms. The van der Waals surface area contributed by atoms with Gasteiger partial charge in [0.2, 0.25) is 0 Å². The number of likely N-dealkylation sites (tertiary alicyclic amines) is 1. The van der Waals surface area contributed by atoms with Crippen LogP contribution in [0.15, 0.2) is 42.7 Å². The molecule has 7 heteroatoms. The Balaban J connectivity index is 1.16. The van der Waals surface area contributed by atoms with Crippen LogP contribution in [0, 0.1) is 5.92 Å². The number of carbonyl (C=O) groups is 1. The second kappa shape index (κ2) is 9.31. The molecule has 38 heavy (non-hydrogen) atoms. The first-order valence-electron chi connectivity index (χ1n) is 14.2. The fraction of sp³-hybridized carbons (Fsp3) is 0.516. The highest BCUT2D eigenvalue weighted by Crippen LogP contribution is 2.43. The fourth-order valence-electron chi connectivity index (χ4n) is 6.62. The number of amides is 1. The van der Waals surface area contributed by atoms with Crippen molar-refractivity contribution >= 4 is 11.6 Å². The van der Waals surface area contributed by atoms with Crippen LogP contribution in [0.5, 0.6) is 0 Å². The van der Waals surface area contributed by atoms with Crippen LogP contribution in [0.2, 0.25) is 0 Å². The average molecular weight is 512 g/mol. The number of hydrogen-bond acceptors (Lipinski definition) is 5. The number of piperidine rings is 1. The number of aromatic nitrogens is 3. The molecule has 1 amide bonds. The van der Waals surface area contributed by atoms with E-state index in [0.29, 0.717) is 25.7 Å². The largest absolute Gasteiger partial charge is 0.379 e. The van der Waals surface area contributed by atoms with Crippen LogP contribution in [0.3, 0.4) is 0 Å². The van der Waals surface area contributed by atoms with Gasteiger partial charge in [-0.1, -0.05) is 25.1 Å². The zero-order valence-electron chi connectivity index (χ0n) is 22.5. The van der Waals surface area contributed by atoms with Gasteiger partial charge in [0.15, 0.2) is 0 Å². The SMILES string of the molecule is C[C@H]1CCCN(Cc2cc(C3CC3)cc(N3Cc4ccc(C5(Cc6nncn6C)COC5)cc4C3=O)c2)C1. The van der Waals surface area contributed by atoms with Gasteiger partial charge in [-0.25, -0.2) is 0 Å². The van der Waals surface area contributed by atoms with E-state index >= 15 is 0 Å². The smallest absolute Gasteiger partial charge is 0.258 e. The predicted octanol–water partition coefficient (Wildman–Crippen LogP) is 4.60. The van der Waals surface area contributed by atoms with Crippen LogP contribution >= 0.6 is 0 Å². The number of hydrogen-bond donors (Lipinski definition) is 0. The van der Waals surface area contributed by atoms with Crippen molar-refractivity contribution in [2.45, 2.75) is 63.5 Å². The van der Waals surface area contributed by atoms with E-state index in [0.717, 1.165) is 47.1 Å². The molecule has 1 aromatic heterocycles. The third kappa shape index (κ3) is 4.35. The van der Waals surface area contributed by atoms with Crippen LogP contribution in [0.1, 0.15) is 77.0 Å². The zero-order chi connectivity index (χ0) is 25.9. The van der Waals surface area contributed by atoms with Crippen LogP contribution < -0.4 is 4.90 Å². The summed E-state index contributed by atoms with van der Waals surface area (Å²) in [6.45, 7) is 7.58. The number of carbonyl (C=O) groups excluding carboxylic acids is 1. The summed E-state index contributed by atoms with van der Waals surface area (Å²) < 4.78 is 7.65. The highest BCUT2D eigenvalue weighted by molar-refractivity contribution is 6.10. The molecule has 2 aromatic carbocycles. The number of rotatable bonds is 7. The van der Waals surface area contributed by atoms with E-state index in [1.165, 1.54) is 49.9 Å². The van der Waals surface area contributed by atoms with E-state index in [4.69, 9.17) is 4.74 Å². The highest BCUT2D eigenvalue weighted by atomic mass is 16.5. The third-order valence-corrected chi connectivity index (χ3v) is 9.09. The topological polar surface area (TPSA) is 63.5 Å². The maximum absolute atomic E-state index is 13.9. The minimum atomic E-state index is -0.159. The minimum Gasteiger partial charge on any atom is -0.379 e. The van der Waals surface area contributed by atoms with Gasteiger partial charge in [0.05, 0.1) is 19.8 Å². The highest BCUT2D eigenvalue weighted by Gasteiger charge is 2.43. The molecule has 0 unspecified atom stereocenters. The Kier molecular flexibility index (Phi) is 5.89. The Morgan fingerprint density at radius 1 is 1.11 bits per heavy atom. The minimum absolute atomic E-state index is 0.112. The molecule has 3 aliphatic heterocycles. The molecular weight excluding hydrogens is 474 g/mol. The fourth-order valence-corrected chi connectivity index (χ4v) is 6.62.